The van der Waals surface area contributed by atoms with Crippen molar-refractivity contribution in [3.8, 4) is 11.3 Å². The van der Waals surface area contributed by atoms with Crippen molar-refractivity contribution in [3.63, 3.8) is 0 Å². The number of thioether (sulfide) groups is 1. The van der Waals surface area contributed by atoms with Gasteiger partial charge < -0.3 is 10.3 Å². The van der Waals surface area contributed by atoms with Crippen LogP contribution < -0.4 is 5.73 Å². The third kappa shape index (κ3) is 3.28. The second-order valence-corrected chi connectivity index (χ2v) is 5.90. The highest BCUT2D eigenvalue weighted by Crippen LogP contribution is 2.27. The van der Waals surface area contributed by atoms with Crippen molar-refractivity contribution in [2.75, 3.05) is 5.73 Å². The first-order chi connectivity index (χ1) is 10.2. The Morgan fingerprint density at radius 2 is 1.90 bits per heavy atom. The van der Waals surface area contributed by atoms with Gasteiger partial charge in [0.05, 0.1) is 5.69 Å². The zero-order chi connectivity index (χ0) is 14.7. The van der Waals surface area contributed by atoms with Crippen molar-refractivity contribution in [2.45, 2.75) is 17.6 Å². The van der Waals surface area contributed by atoms with E-state index in [9.17, 15) is 0 Å². The van der Waals surface area contributed by atoms with Crippen molar-refractivity contribution in [3.05, 3.63) is 65.9 Å². The van der Waals surface area contributed by atoms with Gasteiger partial charge >= 0.3 is 0 Å². The Labute approximate surface area is 128 Å². The van der Waals surface area contributed by atoms with Gasteiger partial charge in [-0.15, -0.1) is 11.8 Å². The average Bonchev–Trinajstić information content (AvgIpc) is 2.98. The first kappa shape index (κ1) is 13.8. The van der Waals surface area contributed by atoms with Crippen LogP contribution in [-0.2, 0) is 5.75 Å². The van der Waals surface area contributed by atoms with E-state index in [1.54, 1.807) is 11.8 Å². The Balaban J connectivity index is 1.69. The summed E-state index contributed by atoms with van der Waals surface area (Å²) in [5.74, 6) is 1.58. The van der Waals surface area contributed by atoms with Crippen LogP contribution in [0.25, 0.3) is 11.3 Å². The van der Waals surface area contributed by atoms with E-state index in [-0.39, 0.29) is 0 Å². The fourth-order valence-corrected chi connectivity index (χ4v) is 2.89. The number of nitrogen functional groups attached to an aromatic ring is 1. The molecule has 106 valence electrons. The van der Waals surface area contributed by atoms with Crippen molar-refractivity contribution >= 4 is 17.4 Å². The van der Waals surface area contributed by atoms with Crippen LogP contribution >= 0.6 is 11.8 Å². The average molecular weight is 296 g/mol. The fraction of sp³-hybridized carbons (Fsp3) is 0.118. The molecule has 21 heavy (non-hydrogen) atoms. The molecule has 1 aromatic heterocycles. The topological polar surface area (TPSA) is 52.0 Å². The highest BCUT2D eigenvalue weighted by atomic mass is 32.2. The first-order valence-corrected chi connectivity index (χ1v) is 7.71. The van der Waals surface area contributed by atoms with Gasteiger partial charge in [-0.05, 0) is 30.7 Å². The van der Waals surface area contributed by atoms with Gasteiger partial charge in [-0.25, -0.2) is 0 Å². The van der Waals surface area contributed by atoms with E-state index in [2.05, 4.69) is 11.2 Å². The molecule has 0 aliphatic heterocycles. The zero-order valence-electron chi connectivity index (χ0n) is 11.7. The molecule has 0 amide bonds. The van der Waals surface area contributed by atoms with E-state index in [0.717, 1.165) is 34.0 Å². The zero-order valence-corrected chi connectivity index (χ0v) is 12.6. The number of nitrogens with two attached hydrogens (primary N) is 1. The Morgan fingerprint density at radius 3 is 2.67 bits per heavy atom. The van der Waals surface area contributed by atoms with Gasteiger partial charge in [0, 0.05) is 28.0 Å². The lowest BCUT2D eigenvalue weighted by molar-refractivity contribution is 0.426. The van der Waals surface area contributed by atoms with Crippen molar-refractivity contribution in [1.29, 1.82) is 0 Å². The van der Waals surface area contributed by atoms with Crippen LogP contribution in [0.1, 0.15) is 11.3 Å². The fourth-order valence-electron chi connectivity index (χ4n) is 2.01. The third-order valence-electron chi connectivity index (χ3n) is 3.25. The van der Waals surface area contributed by atoms with Gasteiger partial charge in [0.1, 0.15) is 0 Å². The Kier molecular flexibility index (Phi) is 3.97. The van der Waals surface area contributed by atoms with E-state index in [4.69, 9.17) is 10.3 Å². The van der Waals surface area contributed by atoms with Crippen LogP contribution in [-0.4, -0.2) is 5.16 Å². The van der Waals surface area contributed by atoms with E-state index < -0.39 is 0 Å². The number of rotatable bonds is 4. The van der Waals surface area contributed by atoms with Crippen molar-refractivity contribution in [2.24, 2.45) is 0 Å². The lowest BCUT2D eigenvalue weighted by Gasteiger charge is -2.03. The molecule has 3 nitrogen and oxygen atoms in total. The molecule has 0 aliphatic carbocycles. The minimum atomic E-state index is 0.777. The minimum absolute atomic E-state index is 0.777. The predicted octanol–water partition coefficient (Wildman–Crippen LogP) is 4.52. The summed E-state index contributed by atoms with van der Waals surface area (Å²) in [7, 11) is 0. The summed E-state index contributed by atoms with van der Waals surface area (Å²) < 4.78 is 5.40. The summed E-state index contributed by atoms with van der Waals surface area (Å²) in [5.41, 5.74) is 9.74. The molecule has 0 saturated carbocycles. The van der Waals surface area contributed by atoms with Crippen molar-refractivity contribution in [1.82, 2.24) is 5.16 Å². The van der Waals surface area contributed by atoms with Crippen LogP contribution in [0.4, 0.5) is 5.69 Å². The van der Waals surface area contributed by atoms with E-state index in [1.165, 1.54) is 4.90 Å². The Morgan fingerprint density at radius 1 is 1.10 bits per heavy atom. The highest BCUT2D eigenvalue weighted by molar-refractivity contribution is 7.98. The number of nitrogens with zero attached hydrogens (tertiary/aromatic N) is 1. The monoisotopic (exact) mass is 296 g/mol. The van der Waals surface area contributed by atoms with Crippen molar-refractivity contribution < 1.29 is 4.52 Å². The SMILES string of the molecule is Cc1cc(SCc2cc(-c3ccccc3)on2)ccc1N. The molecule has 3 aromatic rings. The van der Waals surface area contributed by atoms with E-state index in [1.807, 2.05) is 55.5 Å². The molecular weight excluding hydrogens is 280 g/mol. The number of benzene rings is 2. The third-order valence-corrected chi connectivity index (χ3v) is 4.27. The van der Waals surface area contributed by atoms with Gasteiger partial charge in [-0.3, -0.25) is 0 Å². The summed E-state index contributed by atoms with van der Waals surface area (Å²) in [6.07, 6.45) is 0. The molecule has 0 spiro atoms. The summed E-state index contributed by atoms with van der Waals surface area (Å²) in [6.45, 7) is 2.02. The lowest BCUT2D eigenvalue weighted by Crippen LogP contribution is -1.89. The number of hydrogen-bond donors (Lipinski definition) is 1. The molecular formula is C17H16N2OS. The summed E-state index contributed by atoms with van der Waals surface area (Å²) in [5, 5.41) is 4.13. The standard InChI is InChI=1S/C17H16N2OS/c1-12-9-15(7-8-16(12)18)21-11-14-10-17(20-19-14)13-5-3-2-4-6-13/h2-10H,11,18H2,1H3. The number of aryl methyl sites for hydroxylation is 1. The second-order valence-electron chi connectivity index (χ2n) is 4.86. The molecule has 0 radical (unpaired) electrons. The summed E-state index contributed by atoms with van der Waals surface area (Å²) >= 11 is 1.73. The molecule has 4 heteroatoms. The minimum Gasteiger partial charge on any atom is -0.399 e. The Bertz CT molecular complexity index is 738. The largest absolute Gasteiger partial charge is 0.399 e. The van der Waals surface area contributed by atoms with E-state index in [0.29, 0.717) is 0 Å². The molecule has 1 heterocycles. The highest BCUT2D eigenvalue weighted by Gasteiger charge is 2.07. The maximum atomic E-state index is 5.83. The molecule has 0 saturated heterocycles. The summed E-state index contributed by atoms with van der Waals surface area (Å²) in [4.78, 5) is 1.19. The number of hydrogen-bond acceptors (Lipinski definition) is 4. The smallest absolute Gasteiger partial charge is 0.167 e. The molecule has 2 N–H and O–H groups in total. The van der Waals surface area contributed by atoms with Crippen LogP contribution in [0.5, 0.6) is 0 Å². The van der Waals surface area contributed by atoms with Gasteiger partial charge in [0.25, 0.3) is 0 Å². The molecule has 0 bridgehead atoms. The maximum absolute atomic E-state index is 5.83. The predicted molar refractivity (Wildman–Crippen MR) is 87.1 cm³/mol. The lowest BCUT2D eigenvalue weighted by atomic mass is 10.2. The first-order valence-electron chi connectivity index (χ1n) is 6.72. The van der Waals surface area contributed by atoms with E-state index >= 15 is 0 Å². The Hall–Kier alpha value is -2.20. The van der Waals surface area contributed by atoms with Gasteiger partial charge in [0.2, 0.25) is 0 Å². The summed E-state index contributed by atoms with van der Waals surface area (Å²) in [6, 6.07) is 18.1. The normalized spacial score (nSPS) is 10.7. The molecule has 0 aliphatic rings. The molecule has 2 aromatic carbocycles. The molecule has 0 unspecified atom stereocenters. The van der Waals surface area contributed by atoms with Gasteiger partial charge in [-0.2, -0.15) is 0 Å². The van der Waals surface area contributed by atoms with Gasteiger partial charge in [0.15, 0.2) is 5.76 Å². The van der Waals surface area contributed by atoms with Crippen LogP contribution in [0.3, 0.4) is 0 Å². The van der Waals surface area contributed by atoms with Crippen LogP contribution in [0, 0.1) is 6.92 Å². The van der Waals surface area contributed by atoms with Gasteiger partial charge in [-0.1, -0.05) is 35.5 Å². The van der Waals surface area contributed by atoms with Crippen LogP contribution in [0.2, 0.25) is 0 Å². The molecule has 3 rings (SSSR count). The quantitative estimate of drug-likeness (QED) is 0.568. The second kappa shape index (κ2) is 6.06. The number of aromatic nitrogens is 1. The maximum Gasteiger partial charge on any atom is 0.167 e. The molecule has 0 fully saturated rings. The van der Waals surface area contributed by atoms with Crippen LogP contribution in [0.15, 0.2) is 64.0 Å². The number of anilines is 1. The molecule has 0 atom stereocenters.